The number of benzene rings is 9. The number of nitrogens with zero attached hydrogens (tertiary/aromatic N) is 4. The van der Waals surface area contributed by atoms with E-state index in [0.717, 1.165) is 57.1 Å². The van der Waals surface area contributed by atoms with E-state index in [0.29, 0.717) is 0 Å². The first-order valence-corrected chi connectivity index (χ1v) is 21.9. The van der Waals surface area contributed by atoms with Gasteiger partial charge in [0.05, 0.1) is 0 Å². The lowest BCUT2D eigenvalue weighted by atomic mass is 9.30. The fraction of sp³-hybridized carbons (Fsp3) is 0.0357. The average Bonchev–Trinajstić information content (AvgIpc) is 3.34. The van der Waals surface area contributed by atoms with E-state index in [-0.39, 0.29) is 13.4 Å². The molecule has 0 aliphatic carbocycles. The second kappa shape index (κ2) is 14.2. The standard InChI is InChI=1S/C56H40B2N4O2/c1-59-49-36-50-46(58-44-28-16-18-30-48(44)62(38-21-9-4-10-22-38)54-34-42(32-52(56(54)58)60(50)2)64-40-25-13-6-14-26-40)35-45(49)57-43-27-15-17-29-47(43)61(37-19-7-3-8-20-37)53-33-41(31-51(59)55(53)57)63-39-23-11-5-12-24-39/h3-36H,1-2H3. The van der Waals surface area contributed by atoms with Gasteiger partial charge in [0.25, 0.3) is 13.4 Å². The minimum absolute atomic E-state index is 0.0316. The Morgan fingerprint density at radius 2 is 0.656 bits per heavy atom. The van der Waals surface area contributed by atoms with Crippen molar-refractivity contribution < 1.29 is 9.47 Å². The first-order chi connectivity index (χ1) is 31.6. The van der Waals surface area contributed by atoms with Gasteiger partial charge in [0, 0.05) is 95.2 Å². The highest BCUT2D eigenvalue weighted by atomic mass is 16.5. The third kappa shape index (κ3) is 5.48. The Bertz CT molecular complexity index is 3080. The summed E-state index contributed by atoms with van der Waals surface area (Å²) in [5.74, 6) is 3.18. The summed E-state index contributed by atoms with van der Waals surface area (Å²) >= 11 is 0. The Kier molecular flexibility index (Phi) is 8.13. The minimum Gasteiger partial charge on any atom is -0.457 e. The van der Waals surface area contributed by atoms with E-state index in [1.54, 1.807) is 0 Å². The van der Waals surface area contributed by atoms with Gasteiger partial charge in [-0.05, 0) is 99.5 Å². The lowest BCUT2D eigenvalue weighted by Gasteiger charge is -2.46. The number of hydrogen-bond acceptors (Lipinski definition) is 6. The number of fused-ring (bicyclic) bond motifs is 8. The number of hydrogen-bond donors (Lipinski definition) is 0. The lowest BCUT2D eigenvalue weighted by Crippen LogP contribution is -2.65. The van der Waals surface area contributed by atoms with Crippen molar-refractivity contribution >= 4 is 103 Å². The van der Waals surface area contributed by atoms with Crippen LogP contribution in [0.5, 0.6) is 23.0 Å². The van der Waals surface area contributed by atoms with Gasteiger partial charge in [0.2, 0.25) is 0 Å². The van der Waals surface area contributed by atoms with Crippen LogP contribution in [0.1, 0.15) is 0 Å². The quantitative estimate of drug-likeness (QED) is 0.155. The Balaban J connectivity index is 1.06. The van der Waals surface area contributed by atoms with E-state index in [2.05, 4.69) is 179 Å². The van der Waals surface area contributed by atoms with Crippen molar-refractivity contribution in [2.45, 2.75) is 0 Å². The van der Waals surface area contributed by atoms with E-state index < -0.39 is 0 Å². The number of rotatable bonds is 6. The Morgan fingerprint density at radius 3 is 1.08 bits per heavy atom. The molecule has 0 bridgehead atoms. The van der Waals surface area contributed by atoms with Gasteiger partial charge in [-0.3, -0.25) is 0 Å². The van der Waals surface area contributed by atoms with Crippen LogP contribution in [0, 0.1) is 0 Å². The summed E-state index contributed by atoms with van der Waals surface area (Å²) in [6.07, 6.45) is 0. The van der Waals surface area contributed by atoms with Gasteiger partial charge >= 0.3 is 0 Å². The molecule has 9 aromatic carbocycles. The smallest absolute Gasteiger partial charge is 0.252 e. The summed E-state index contributed by atoms with van der Waals surface area (Å²) in [6, 6.07) is 73.4. The van der Waals surface area contributed by atoms with Gasteiger partial charge < -0.3 is 29.1 Å². The van der Waals surface area contributed by atoms with Crippen molar-refractivity contribution in [2.75, 3.05) is 33.7 Å². The normalized spacial score (nSPS) is 13.6. The molecule has 0 unspecified atom stereocenters. The highest BCUT2D eigenvalue weighted by Gasteiger charge is 2.47. The van der Waals surface area contributed by atoms with E-state index in [1.165, 1.54) is 55.5 Å². The maximum atomic E-state index is 6.70. The van der Waals surface area contributed by atoms with Gasteiger partial charge in [-0.25, -0.2) is 0 Å². The van der Waals surface area contributed by atoms with Crippen LogP contribution < -0.4 is 61.9 Å². The van der Waals surface area contributed by atoms with Crippen LogP contribution in [0.4, 0.5) is 56.9 Å². The van der Waals surface area contributed by atoms with Gasteiger partial charge in [-0.1, -0.05) is 115 Å². The second-order valence-electron chi connectivity index (χ2n) is 17.0. The van der Waals surface area contributed by atoms with Crippen molar-refractivity contribution in [2.24, 2.45) is 0 Å². The van der Waals surface area contributed by atoms with Gasteiger partial charge in [0.1, 0.15) is 23.0 Å². The fourth-order valence-electron chi connectivity index (χ4n) is 10.8. The molecule has 8 heteroatoms. The van der Waals surface area contributed by atoms with Gasteiger partial charge in [-0.15, -0.1) is 0 Å². The molecule has 64 heavy (non-hydrogen) atoms. The summed E-state index contributed by atoms with van der Waals surface area (Å²) < 4.78 is 13.4. The molecule has 13 rings (SSSR count). The van der Waals surface area contributed by atoms with Crippen molar-refractivity contribution in [1.29, 1.82) is 0 Å². The summed E-state index contributed by atoms with van der Waals surface area (Å²) in [5, 5.41) is 0. The molecule has 4 aliphatic heterocycles. The molecule has 302 valence electrons. The third-order valence-electron chi connectivity index (χ3n) is 13.5. The van der Waals surface area contributed by atoms with E-state index in [1.807, 2.05) is 60.7 Å². The summed E-state index contributed by atoms with van der Waals surface area (Å²) in [6.45, 7) is -0.0631. The summed E-state index contributed by atoms with van der Waals surface area (Å²) in [5.41, 5.74) is 19.0. The predicted octanol–water partition coefficient (Wildman–Crippen LogP) is 10.0. The SMILES string of the molecule is CN1c2cc3c(cc2B2c4ccccc4N(c4ccccc4)c4cc(Oc5ccccc5)cc1c42)B1c2ccccc2N(c2ccccc2)c2cc(Oc4ccccc4)cc(c21)N3C. The molecule has 0 N–H and O–H groups in total. The maximum Gasteiger partial charge on any atom is 0.252 e. The van der Waals surface area contributed by atoms with Crippen LogP contribution >= 0.6 is 0 Å². The van der Waals surface area contributed by atoms with Crippen molar-refractivity contribution in [3.05, 3.63) is 206 Å². The molecule has 0 fully saturated rings. The number of para-hydroxylation sites is 6. The van der Waals surface area contributed by atoms with Crippen molar-refractivity contribution in [1.82, 2.24) is 0 Å². The second-order valence-corrected chi connectivity index (χ2v) is 17.0. The molecule has 0 aromatic heterocycles. The Labute approximate surface area is 374 Å². The third-order valence-corrected chi connectivity index (χ3v) is 13.5. The molecule has 0 saturated heterocycles. The van der Waals surface area contributed by atoms with Crippen LogP contribution in [0.2, 0.25) is 0 Å². The van der Waals surface area contributed by atoms with Gasteiger partial charge in [0.15, 0.2) is 0 Å². The molecule has 0 spiro atoms. The van der Waals surface area contributed by atoms with E-state index in [9.17, 15) is 0 Å². The minimum atomic E-state index is -0.0316. The zero-order chi connectivity index (χ0) is 42.5. The fourth-order valence-corrected chi connectivity index (χ4v) is 10.8. The topological polar surface area (TPSA) is 31.4 Å². The molecule has 4 aliphatic rings. The van der Waals surface area contributed by atoms with Crippen LogP contribution in [0.3, 0.4) is 0 Å². The zero-order valence-electron chi connectivity index (χ0n) is 35.4. The molecule has 0 radical (unpaired) electrons. The Hall–Kier alpha value is -8.09. The van der Waals surface area contributed by atoms with Crippen molar-refractivity contribution in [3.63, 3.8) is 0 Å². The molecule has 9 aromatic rings. The molecule has 0 amide bonds. The number of anilines is 10. The van der Waals surface area contributed by atoms with Crippen LogP contribution in [-0.2, 0) is 0 Å². The molecular weight excluding hydrogens is 782 g/mol. The average molecular weight is 823 g/mol. The highest BCUT2D eigenvalue weighted by molar-refractivity contribution is 7.03. The zero-order valence-corrected chi connectivity index (χ0v) is 35.4. The molecule has 4 heterocycles. The number of ether oxygens (including phenoxy) is 2. The van der Waals surface area contributed by atoms with E-state index >= 15 is 0 Å². The molecular formula is C56H40B2N4O2. The van der Waals surface area contributed by atoms with Crippen LogP contribution in [0.25, 0.3) is 0 Å². The first kappa shape index (κ1) is 36.6. The highest BCUT2D eigenvalue weighted by Crippen LogP contribution is 2.47. The van der Waals surface area contributed by atoms with Gasteiger partial charge in [-0.2, -0.15) is 0 Å². The van der Waals surface area contributed by atoms with Crippen molar-refractivity contribution in [3.8, 4) is 23.0 Å². The van der Waals surface area contributed by atoms with Crippen LogP contribution in [-0.4, -0.2) is 27.5 Å². The summed E-state index contributed by atoms with van der Waals surface area (Å²) in [7, 11) is 4.43. The summed E-state index contributed by atoms with van der Waals surface area (Å²) in [4.78, 5) is 9.60. The van der Waals surface area contributed by atoms with E-state index in [4.69, 9.17) is 9.47 Å². The first-order valence-electron chi connectivity index (χ1n) is 21.9. The monoisotopic (exact) mass is 822 g/mol. The largest absolute Gasteiger partial charge is 0.457 e. The molecule has 0 saturated carbocycles. The maximum absolute atomic E-state index is 6.70. The predicted molar refractivity (Wildman–Crippen MR) is 267 cm³/mol. The lowest BCUT2D eigenvalue weighted by molar-refractivity contribution is 0.483. The molecule has 6 nitrogen and oxygen atoms in total. The van der Waals surface area contributed by atoms with Crippen LogP contribution in [0.15, 0.2) is 206 Å². The molecule has 0 atom stereocenters. The Morgan fingerprint density at radius 1 is 0.297 bits per heavy atom.